The van der Waals surface area contributed by atoms with Gasteiger partial charge in [0.05, 0.1) is 35.8 Å². The van der Waals surface area contributed by atoms with E-state index in [0.29, 0.717) is 27.0 Å². The average molecular weight is 611 g/mol. The highest BCUT2D eigenvalue weighted by Gasteiger charge is 2.21. The molecule has 0 bridgehead atoms. The number of nitrogens with one attached hydrogen (secondary N) is 1. The Morgan fingerprint density at radius 3 is 2.63 bits per heavy atom. The Kier molecular flexibility index (Phi) is 10.0. The molecule has 2 aromatic heterocycles. The van der Waals surface area contributed by atoms with Gasteiger partial charge in [-0.25, -0.2) is 0 Å². The highest BCUT2D eigenvalue weighted by atomic mass is 35.5. The van der Waals surface area contributed by atoms with E-state index in [1.165, 1.54) is 11.3 Å². The predicted molar refractivity (Wildman–Crippen MR) is 166 cm³/mol. The molecule has 0 saturated carbocycles. The maximum atomic E-state index is 12.6. The van der Waals surface area contributed by atoms with Crippen molar-refractivity contribution in [3.63, 3.8) is 0 Å². The summed E-state index contributed by atoms with van der Waals surface area (Å²) < 4.78 is 7.31. The van der Waals surface area contributed by atoms with E-state index in [-0.39, 0.29) is 24.9 Å². The lowest BCUT2D eigenvalue weighted by molar-refractivity contribution is -0.136. The first-order valence-corrected chi connectivity index (χ1v) is 14.4. The molecule has 41 heavy (non-hydrogen) atoms. The molecule has 0 aliphatic heterocycles. The molecule has 1 unspecified atom stereocenters. The number of carboxylic acids is 1. The van der Waals surface area contributed by atoms with Crippen LogP contribution in [0.25, 0.3) is 16.8 Å². The molecule has 0 radical (unpaired) electrons. The third-order valence-electron chi connectivity index (χ3n) is 6.23. The maximum Gasteiger partial charge on any atom is 0.305 e. The minimum atomic E-state index is -0.967. The summed E-state index contributed by atoms with van der Waals surface area (Å²) in [4.78, 5) is 24.8. The Morgan fingerprint density at radius 1 is 1.17 bits per heavy atom. The lowest BCUT2D eigenvalue weighted by atomic mass is 10.0. The number of nitrogens with zero attached hydrogens (tertiary/aromatic N) is 2. The Labute approximate surface area is 252 Å². The quantitative estimate of drug-likeness (QED) is 0.259. The predicted octanol–water partition coefficient (Wildman–Crippen LogP) is 7.72. The van der Waals surface area contributed by atoms with Gasteiger partial charge >= 0.3 is 5.97 Å². The van der Waals surface area contributed by atoms with E-state index in [2.05, 4.69) is 11.9 Å². The zero-order valence-electron chi connectivity index (χ0n) is 22.6. The number of halogens is 2. The van der Waals surface area contributed by atoms with Crippen molar-refractivity contribution in [2.75, 3.05) is 13.7 Å². The molecule has 10 heteroatoms. The third-order valence-corrected chi connectivity index (χ3v) is 7.92. The number of allylic oxidation sites excluding steroid dienone is 8. The van der Waals surface area contributed by atoms with Gasteiger partial charge in [-0.15, -0.1) is 11.3 Å². The molecule has 1 atom stereocenters. The minimum absolute atomic E-state index is 0.0612. The largest absolute Gasteiger partial charge is 0.497 e. The zero-order chi connectivity index (χ0) is 29.5. The van der Waals surface area contributed by atoms with Crippen LogP contribution < -0.4 is 5.32 Å². The van der Waals surface area contributed by atoms with Gasteiger partial charge in [0.15, 0.2) is 0 Å². The van der Waals surface area contributed by atoms with Gasteiger partial charge in [0, 0.05) is 32.6 Å². The number of carboxylic acid groups (broad SMARTS) is 1. The zero-order valence-corrected chi connectivity index (χ0v) is 24.9. The van der Waals surface area contributed by atoms with Crippen molar-refractivity contribution >= 4 is 52.0 Å². The fraction of sp³-hybridized carbons (Fsp3) is 0.194. The van der Waals surface area contributed by atoms with Crippen molar-refractivity contribution in [3.8, 4) is 11.3 Å². The number of methoxy groups -OCH3 is 1. The second-order valence-electron chi connectivity index (χ2n) is 9.25. The van der Waals surface area contributed by atoms with Crippen molar-refractivity contribution in [2.45, 2.75) is 25.8 Å². The van der Waals surface area contributed by atoms with E-state index >= 15 is 0 Å². The monoisotopic (exact) mass is 609 g/mol. The molecule has 2 N–H and O–H groups in total. The highest BCUT2D eigenvalue weighted by molar-refractivity contribution is 7.14. The van der Waals surface area contributed by atoms with E-state index in [0.717, 1.165) is 33.0 Å². The van der Waals surface area contributed by atoms with Crippen LogP contribution in [0.4, 0.5) is 0 Å². The fourth-order valence-electron chi connectivity index (χ4n) is 4.18. The topological polar surface area (TPSA) is 93.5 Å². The summed E-state index contributed by atoms with van der Waals surface area (Å²) in [6.07, 6.45) is 12.3. The summed E-state index contributed by atoms with van der Waals surface area (Å²) in [5.41, 5.74) is 3.98. The molecule has 3 aromatic rings. The fourth-order valence-corrected chi connectivity index (χ4v) is 5.67. The van der Waals surface area contributed by atoms with Crippen molar-refractivity contribution in [2.24, 2.45) is 0 Å². The van der Waals surface area contributed by atoms with Gasteiger partial charge < -0.3 is 15.2 Å². The summed E-state index contributed by atoms with van der Waals surface area (Å²) in [7, 11) is 1.63. The second-order valence-corrected chi connectivity index (χ2v) is 11.2. The van der Waals surface area contributed by atoms with Crippen LogP contribution in [-0.4, -0.2) is 40.4 Å². The summed E-state index contributed by atoms with van der Waals surface area (Å²) in [5, 5.41) is 17.5. The molecular formula is C31H29Cl2N3O4S. The van der Waals surface area contributed by atoms with Gasteiger partial charge in [-0.05, 0) is 73.5 Å². The first-order chi connectivity index (χ1) is 19.6. The number of thiophene rings is 1. The number of hydrogen-bond donors (Lipinski definition) is 2. The minimum Gasteiger partial charge on any atom is -0.497 e. The molecule has 0 saturated heterocycles. The van der Waals surface area contributed by atoms with Gasteiger partial charge in [-0.3, -0.25) is 14.3 Å². The number of ether oxygens (including phenoxy) is 1. The van der Waals surface area contributed by atoms with Gasteiger partial charge in [0.25, 0.3) is 5.91 Å². The number of carbonyl (C=O) groups excluding carboxylic acids is 1. The van der Waals surface area contributed by atoms with Gasteiger partial charge in [-0.2, -0.15) is 5.10 Å². The normalized spacial score (nSPS) is 17.1. The van der Waals surface area contributed by atoms with Gasteiger partial charge in [-0.1, -0.05) is 48.0 Å². The highest BCUT2D eigenvalue weighted by Crippen LogP contribution is 2.34. The number of benzene rings is 1. The van der Waals surface area contributed by atoms with Crippen molar-refractivity contribution in [1.82, 2.24) is 15.1 Å². The molecule has 1 aromatic carbocycles. The van der Waals surface area contributed by atoms with Crippen LogP contribution in [0.15, 0.2) is 90.8 Å². The molecule has 212 valence electrons. The molecule has 2 heterocycles. The van der Waals surface area contributed by atoms with E-state index in [1.807, 2.05) is 72.3 Å². The summed E-state index contributed by atoms with van der Waals surface area (Å²) in [5.74, 6) is -0.521. The Bertz CT molecular complexity index is 1580. The number of amides is 1. The van der Waals surface area contributed by atoms with Gasteiger partial charge in [0.2, 0.25) is 0 Å². The Hall–Kier alpha value is -3.85. The Morgan fingerprint density at radius 2 is 1.93 bits per heavy atom. The molecule has 1 amide bonds. The lowest BCUT2D eigenvalue weighted by Gasteiger charge is -2.15. The molecule has 1 aliphatic carbocycles. The van der Waals surface area contributed by atoms with Crippen LogP contribution in [0.1, 0.15) is 46.0 Å². The second kappa shape index (κ2) is 13.7. The maximum absolute atomic E-state index is 12.6. The smallest absolute Gasteiger partial charge is 0.305 e. The summed E-state index contributed by atoms with van der Waals surface area (Å²) >= 11 is 14.0. The van der Waals surface area contributed by atoms with E-state index < -0.39 is 5.97 Å². The first kappa shape index (κ1) is 30.1. The van der Waals surface area contributed by atoms with Crippen LogP contribution >= 0.6 is 34.5 Å². The molecule has 0 spiro atoms. The number of carbonyl (C=O) groups is 2. The molecule has 1 aliphatic rings. The Balaban J connectivity index is 1.75. The number of aromatic nitrogens is 2. The summed E-state index contributed by atoms with van der Waals surface area (Å²) in [6.45, 7) is 6.26. The van der Waals surface area contributed by atoms with Crippen molar-refractivity contribution < 1.29 is 19.4 Å². The number of hydrogen-bond acceptors (Lipinski definition) is 5. The number of rotatable bonds is 9. The van der Waals surface area contributed by atoms with E-state index in [4.69, 9.17) is 38.1 Å². The standard InChI is InChI=1S/C31H29Cl2N3O4S/c1-19-8-9-25(40-3)7-5-4-6-21(14-19)27-18-26(22-15-23(32)17-24(33)16-22)35-36(27)20(2)28-10-11-29(41-28)31(39)34-13-12-30(37)38/h4,6-11,14-18,20H,1,5,12-13H2,2-3H3,(H,34,39)(H,37,38)/b6-4-,9-8-,21-14?,25-7+. The SMILES string of the molecule is C=C1C=C(c2cc(-c3cc(Cl)cc(Cl)c3)nn2C(C)c2ccc(C(=O)NCCC(=O)O)s2)/C=C\C/C=C(OC)\C=C/1. The van der Waals surface area contributed by atoms with Crippen LogP contribution in [0.3, 0.4) is 0 Å². The van der Waals surface area contributed by atoms with Crippen molar-refractivity contribution in [3.05, 3.63) is 116 Å². The molecule has 7 nitrogen and oxygen atoms in total. The van der Waals surface area contributed by atoms with Crippen molar-refractivity contribution in [1.29, 1.82) is 0 Å². The molecule has 0 fully saturated rings. The van der Waals surface area contributed by atoms with E-state index in [1.54, 1.807) is 19.2 Å². The number of aliphatic carboxylic acids is 1. The van der Waals surface area contributed by atoms with Crippen LogP contribution in [0, 0.1) is 0 Å². The third kappa shape index (κ3) is 7.88. The average Bonchev–Trinajstić information content (AvgIpc) is 3.59. The molecular weight excluding hydrogens is 581 g/mol. The van der Waals surface area contributed by atoms with Crippen LogP contribution in [-0.2, 0) is 9.53 Å². The van der Waals surface area contributed by atoms with Crippen LogP contribution in [0.5, 0.6) is 0 Å². The van der Waals surface area contributed by atoms with Gasteiger partial charge in [0.1, 0.15) is 5.76 Å². The molecule has 4 rings (SSSR count). The summed E-state index contributed by atoms with van der Waals surface area (Å²) in [6, 6.07) is 10.7. The van der Waals surface area contributed by atoms with Crippen LogP contribution in [0.2, 0.25) is 10.0 Å². The first-order valence-electron chi connectivity index (χ1n) is 12.8. The lowest BCUT2D eigenvalue weighted by Crippen LogP contribution is -2.25. The van der Waals surface area contributed by atoms with E-state index in [9.17, 15) is 9.59 Å².